The Balaban J connectivity index is 1.66. The van der Waals surface area contributed by atoms with Gasteiger partial charge in [-0.1, -0.05) is 18.2 Å². The van der Waals surface area contributed by atoms with Crippen molar-refractivity contribution in [1.82, 2.24) is 4.31 Å². The fourth-order valence-electron chi connectivity index (χ4n) is 2.77. The Morgan fingerprint density at radius 2 is 1.64 bits per heavy atom. The highest BCUT2D eigenvalue weighted by atomic mass is 32.2. The van der Waals surface area contributed by atoms with E-state index in [1.807, 2.05) is 0 Å². The molecule has 0 aliphatic carbocycles. The van der Waals surface area contributed by atoms with E-state index < -0.39 is 40.1 Å². The first-order valence-electron chi connectivity index (χ1n) is 9.35. The lowest BCUT2D eigenvalue weighted by atomic mass is 10.1. The van der Waals surface area contributed by atoms with Gasteiger partial charge < -0.3 is 10.6 Å². The minimum atomic E-state index is -4.55. The molecule has 0 saturated heterocycles. The van der Waals surface area contributed by atoms with Crippen molar-refractivity contribution in [3.63, 3.8) is 0 Å². The molecule has 7 nitrogen and oxygen atoms in total. The average Bonchev–Trinajstić information content (AvgIpc) is 3.29. The fourth-order valence-corrected chi connectivity index (χ4v) is 5.09. The number of nitrogens with one attached hydrogen (secondary N) is 2. The quantitative estimate of drug-likeness (QED) is 0.510. The number of carbonyl (C=O) groups is 2. The molecule has 33 heavy (non-hydrogen) atoms. The maximum absolute atomic E-state index is 12.9. The normalized spacial score (nSPS) is 11.9. The second-order valence-corrected chi connectivity index (χ2v) is 10.1. The molecular weight excluding hydrogens is 479 g/mol. The van der Waals surface area contributed by atoms with Crippen LogP contribution in [0.4, 0.5) is 24.5 Å². The molecule has 3 aromatic rings. The first kappa shape index (κ1) is 24.4. The number of sulfonamides is 1. The van der Waals surface area contributed by atoms with Crippen LogP contribution in [0.15, 0.2) is 70.3 Å². The van der Waals surface area contributed by atoms with Gasteiger partial charge in [0.1, 0.15) is 4.21 Å². The number of hydrogen-bond acceptors (Lipinski definition) is 5. The summed E-state index contributed by atoms with van der Waals surface area (Å²) in [5, 5.41) is 6.50. The summed E-state index contributed by atoms with van der Waals surface area (Å²) in [5.74, 6) is -1.31. The SMILES string of the molecule is CN(CC(=O)Nc1cccc(C(=O)Nc2cccc(C(F)(F)F)c2)c1)S(=O)(=O)c1cccs1. The number of likely N-dealkylation sites (N-methyl/N-ethyl adjacent to an activating group) is 1. The smallest absolute Gasteiger partial charge is 0.325 e. The third-order valence-electron chi connectivity index (χ3n) is 4.38. The van der Waals surface area contributed by atoms with Crippen molar-refractivity contribution < 1.29 is 31.2 Å². The van der Waals surface area contributed by atoms with Crippen LogP contribution in [-0.4, -0.2) is 38.1 Å². The lowest BCUT2D eigenvalue weighted by molar-refractivity contribution is -0.137. The van der Waals surface area contributed by atoms with Gasteiger partial charge in [-0.3, -0.25) is 9.59 Å². The van der Waals surface area contributed by atoms with Gasteiger partial charge in [-0.25, -0.2) is 8.42 Å². The zero-order chi connectivity index (χ0) is 24.2. The van der Waals surface area contributed by atoms with Crippen LogP contribution in [-0.2, 0) is 21.0 Å². The molecule has 174 valence electrons. The predicted octanol–water partition coefficient (Wildman–Crippen LogP) is 4.28. The molecule has 0 bridgehead atoms. The Morgan fingerprint density at radius 1 is 0.970 bits per heavy atom. The Morgan fingerprint density at radius 3 is 2.27 bits per heavy atom. The van der Waals surface area contributed by atoms with Crippen LogP contribution in [0.5, 0.6) is 0 Å². The van der Waals surface area contributed by atoms with Crippen LogP contribution in [0.25, 0.3) is 0 Å². The minimum Gasteiger partial charge on any atom is -0.325 e. The highest BCUT2D eigenvalue weighted by molar-refractivity contribution is 7.91. The van der Waals surface area contributed by atoms with E-state index in [0.29, 0.717) is 0 Å². The van der Waals surface area contributed by atoms with Gasteiger partial charge in [0.05, 0.1) is 12.1 Å². The summed E-state index contributed by atoms with van der Waals surface area (Å²) in [6.07, 6.45) is -4.55. The molecule has 0 aliphatic heterocycles. The topological polar surface area (TPSA) is 95.6 Å². The molecule has 0 radical (unpaired) electrons. The monoisotopic (exact) mass is 497 g/mol. The molecule has 0 unspecified atom stereocenters. The third-order valence-corrected chi connectivity index (χ3v) is 7.56. The molecule has 1 heterocycles. The van der Waals surface area contributed by atoms with Crippen molar-refractivity contribution in [3.05, 3.63) is 77.2 Å². The van der Waals surface area contributed by atoms with Crippen LogP contribution >= 0.6 is 11.3 Å². The number of amides is 2. The van der Waals surface area contributed by atoms with Crippen LogP contribution in [0, 0.1) is 0 Å². The molecule has 0 spiro atoms. The summed E-state index contributed by atoms with van der Waals surface area (Å²) in [7, 11) is -2.54. The van der Waals surface area contributed by atoms with Crippen molar-refractivity contribution >= 4 is 44.5 Å². The molecular formula is C21H18F3N3O4S2. The maximum Gasteiger partial charge on any atom is 0.416 e. The van der Waals surface area contributed by atoms with E-state index in [-0.39, 0.29) is 21.1 Å². The van der Waals surface area contributed by atoms with Crippen molar-refractivity contribution in [2.24, 2.45) is 0 Å². The van der Waals surface area contributed by atoms with Gasteiger partial charge >= 0.3 is 6.18 Å². The van der Waals surface area contributed by atoms with Crippen LogP contribution < -0.4 is 10.6 Å². The summed E-state index contributed by atoms with van der Waals surface area (Å²) >= 11 is 1.03. The van der Waals surface area contributed by atoms with Gasteiger partial charge in [0.25, 0.3) is 15.9 Å². The molecule has 0 fully saturated rings. The average molecular weight is 498 g/mol. The molecule has 2 amide bonds. The highest BCUT2D eigenvalue weighted by Crippen LogP contribution is 2.30. The number of anilines is 2. The van der Waals surface area contributed by atoms with E-state index in [1.54, 1.807) is 11.4 Å². The van der Waals surface area contributed by atoms with Gasteiger partial charge in [0.15, 0.2) is 0 Å². The van der Waals surface area contributed by atoms with Crippen molar-refractivity contribution in [2.45, 2.75) is 10.4 Å². The predicted molar refractivity (Wildman–Crippen MR) is 119 cm³/mol. The molecule has 1 aromatic heterocycles. The second kappa shape index (κ2) is 9.73. The zero-order valence-corrected chi connectivity index (χ0v) is 18.7. The minimum absolute atomic E-state index is 0.0373. The standard InChI is InChI=1S/C21H18F3N3O4S2/c1-27(33(30,31)19-9-4-10-32-19)13-18(28)25-16-7-2-5-14(11-16)20(29)26-17-8-3-6-15(12-17)21(22,23)24/h2-12H,13H2,1H3,(H,25,28)(H,26,29). The maximum atomic E-state index is 12.9. The number of halogens is 3. The van der Waals surface area contributed by atoms with E-state index in [4.69, 9.17) is 0 Å². The molecule has 2 aromatic carbocycles. The van der Waals surface area contributed by atoms with Crippen LogP contribution in [0.1, 0.15) is 15.9 Å². The summed E-state index contributed by atoms with van der Waals surface area (Å²) in [5.41, 5.74) is -0.629. The van der Waals surface area contributed by atoms with Crippen molar-refractivity contribution in [1.29, 1.82) is 0 Å². The van der Waals surface area contributed by atoms with Gasteiger partial charge in [0.2, 0.25) is 5.91 Å². The van der Waals surface area contributed by atoms with Crippen LogP contribution in [0.3, 0.4) is 0 Å². The number of hydrogen-bond donors (Lipinski definition) is 2. The summed E-state index contributed by atoms with van der Waals surface area (Å²) in [6, 6.07) is 12.9. The van der Waals surface area contributed by atoms with E-state index in [1.165, 1.54) is 49.5 Å². The number of carbonyl (C=O) groups excluding carboxylic acids is 2. The summed E-state index contributed by atoms with van der Waals surface area (Å²) in [6.45, 7) is -0.457. The van der Waals surface area contributed by atoms with E-state index in [9.17, 15) is 31.2 Å². The van der Waals surface area contributed by atoms with Crippen molar-refractivity contribution in [3.8, 4) is 0 Å². The fraction of sp³-hybridized carbons (Fsp3) is 0.143. The highest BCUT2D eigenvalue weighted by Gasteiger charge is 2.30. The van der Waals surface area contributed by atoms with Crippen LogP contribution in [0.2, 0.25) is 0 Å². The van der Waals surface area contributed by atoms with Gasteiger partial charge in [-0.15, -0.1) is 11.3 Å². The Labute approximate surface area is 191 Å². The first-order valence-corrected chi connectivity index (χ1v) is 11.7. The molecule has 0 saturated carbocycles. The van der Waals surface area contributed by atoms with Crippen molar-refractivity contribution in [2.75, 3.05) is 24.2 Å². The van der Waals surface area contributed by atoms with Gasteiger partial charge in [0, 0.05) is 24.0 Å². The molecule has 0 aliphatic rings. The molecule has 3 rings (SSSR count). The Bertz CT molecular complexity index is 1260. The van der Waals surface area contributed by atoms with E-state index in [2.05, 4.69) is 10.6 Å². The third kappa shape index (κ3) is 6.18. The zero-order valence-electron chi connectivity index (χ0n) is 17.1. The second-order valence-electron chi connectivity index (χ2n) is 6.85. The largest absolute Gasteiger partial charge is 0.416 e. The lowest BCUT2D eigenvalue weighted by Gasteiger charge is -2.16. The summed E-state index contributed by atoms with van der Waals surface area (Å²) < 4.78 is 64.4. The van der Waals surface area contributed by atoms with E-state index >= 15 is 0 Å². The number of benzene rings is 2. The Hall–Kier alpha value is -3.22. The number of alkyl halides is 3. The van der Waals surface area contributed by atoms with Gasteiger partial charge in [-0.05, 0) is 47.8 Å². The molecule has 12 heteroatoms. The van der Waals surface area contributed by atoms with Gasteiger partial charge in [-0.2, -0.15) is 17.5 Å². The molecule has 0 atom stereocenters. The Kier molecular flexibility index (Phi) is 7.20. The molecule has 2 N–H and O–H groups in total. The number of thiophene rings is 1. The van der Waals surface area contributed by atoms with E-state index in [0.717, 1.165) is 27.8 Å². The summed E-state index contributed by atoms with van der Waals surface area (Å²) in [4.78, 5) is 24.8. The number of nitrogens with zero attached hydrogens (tertiary/aromatic N) is 1. The number of rotatable bonds is 7. The first-order chi connectivity index (χ1) is 15.5. The lowest BCUT2D eigenvalue weighted by Crippen LogP contribution is -2.34.